The lowest BCUT2D eigenvalue weighted by Crippen LogP contribution is -2.26. The monoisotopic (exact) mass is 303 g/mol. The summed E-state index contributed by atoms with van der Waals surface area (Å²) in [7, 11) is -3.10. The van der Waals surface area contributed by atoms with Crippen LogP contribution in [0.25, 0.3) is 0 Å². The fraction of sp³-hybridized carbons (Fsp3) is 0.455. The molecule has 0 radical (unpaired) electrons. The van der Waals surface area contributed by atoms with Gasteiger partial charge in [0.25, 0.3) is 0 Å². The van der Waals surface area contributed by atoms with Crippen LogP contribution in [0.1, 0.15) is 18.4 Å². The summed E-state index contributed by atoms with van der Waals surface area (Å²) >= 11 is 3.39. The molecule has 0 unspecified atom stereocenters. The minimum atomic E-state index is -3.10. The van der Waals surface area contributed by atoms with Crippen molar-refractivity contribution in [2.75, 3.05) is 5.75 Å². The number of hydrogen-bond acceptors (Lipinski definition) is 2. The number of halogens is 1. The number of nitrogens with one attached hydrogen (secondary N) is 1. The van der Waals surface area contributed by atoms with E-state index in [9.17, 15) is 8.42 Å². The van der Waals surface area contributed by atoms with Crippen molar-refractivity contribution in [1.29, 1.82) is 0 Å². The molecule has 3 nitrogen and oxygen atoms in total. The van der Waals surface area contributed by atoms with Crippen LogP contribution in [0.2, 0.25) is 0 Å². The Balaban J connectivity index is 1.93. The Kier molecular flexibility index (Phi) is 3.66. The molecule has 1 aliphatic carbocycles. The lowest BCUT2D eigenvalue weighted by atomic mass is 10.2. The Bertz CT molecular complexity index is 469. The molecule has 0 aliphatic heterocycles. The van der Waals surface area contributed by atoms with Crippen LogP contribution in [-0.4, -0.2) is 14.2 Å². The van der Waals surface area contributed by atoms with Gasteiger partial charge in [0.1, 0.15) is 0 Å². The Hall–Kier alpha value is -0.390. The molecule has 1 aromatic rings. The first-order chi connectivity index (χ1) is 7.57. The van der Waals surface area contributed by atoms with Gasteiger partial charge in [-0.05, 0) is 30.4 Å². The minimum Gasteiger partial charge on any atom is -0.212 e. The first kappa shape index (κ1) is 12.1. The van der Waals surface area contributed by atoms with E-state index in [1.165, 1.54) is 0 Å². The quantitative estimate of drug-likeness (QED) is 0.907. The number of sulfonamides is 1. The molecule has 0 heterocycles. The molecule has 1 aromatic carbocycles. The second-order valence-electron chi connectivity index (χ2n) is 4.14. The number of rotatable bonds is 5. The van der Waals surface area contributed by atoms with Crippen molar-refractivity contribution in [1.82, 2.24) is 4.72 Å². The second kappa shape index (κ2) is 4.85. The number of benzene rings is 1. The van der Waals surface area contributed by atoms with E-state index in [0.717, 1.165) is 22.9 Å². The molecule has 0 amide bonds. The van der Waals surface area contributed by atoms with Crippen LogP contribution in [0, 0.1) is 5.92 Å². The van der Waals surface area contributed by atoms with Crippen molar-refractivity contribution < 1.29 is 8.42 Å². The maximum Gasteiger partial charge on any atom is 0.212 e. The number of hydrogen-bond donors (Lipinski definition) is 1. The van der Waals surface area contributed by atoms with Crippen molar-refractivity contribution in [3.8, 4) is 0 Å². The molecule has 2 rings (SSSR count). The smallest absolute Gasteiger partial charge is 0.212 e. The average molecular weight is 304 g/mol. The van der Waals surface area contributed by atoms with Gasteiger partial charge in [-0.25, -0.2) is 13.1 Å². The van der Waals surface area contributed by atoms with E-state index in [1.807, 2.05) is 24.3 Å². The van der Waals surface area contributed by atoms with E-state index in [4.69, 9.17) is 0 Å². The first-order valence-electron chi connectivity index (χ1n) is 5.27. The largest absolute Gasteiger partial charge is 0.212 e. The van der Waals surface area contributed by atoms with Crippen LogP contribution < -0.4 is 4.72 Å². The molecular formula is C11H14BrNO2S. The molecule has 5 heteroatoms. The van der Waals surface area contributed by atoms with Crippen molar-refractivity contribution in [3.63, 3.8) is 0 Å². The van der Waals surface area contributed by atoms with Crippen LogP contribution >= 0.6 is 15.9 Å². The zero-order valence-electron chi connectivity index (χ0n) is 8.82. The molecule has 0 spiro atoms. The molecule has 1 N–H and O–H groups in total. The van der Waals surface area contributed by atoms with Crippen LogP contribution in [0.5, 0.6) is 0 Å². The molecule has 1 aliphatic rings. The molecule has 0 bridgehead atoms. The maximum atomic E-state index is 11.6. The molecule has 88 valence electrons. The van der Waals surface area contributed by atoms with Gasteiger partial charge in [-0.1, -0.05) is 34.1 Å². The fourth-order valence-electron chi connectivity index (χ4n) is 1.48. The Morgan fingerprint density at radius 1 is 1.31 bits per heavy atom. The highest BCUT2D eigenvalue weighted by Gasteiger charge is 2.27. The summed E-state index contributed by atoms with van der Waals surface area (Å²) in [4.78, 5) is 0. The standard InChI is InChI=1S/C11H14BrNO2S/c12-11-4-2-1-3-10(11)7-13-16(14,15)8-9-5-6-9/h1-4,9,13H,5-8H2. The molecule has 0 saturated heterocycles. The van der Waals surface area contributed by atoms with Crippen LogP contribution in [0.3, 0.4) is 0 Å². The van der Waals surface area contributed by atoms with Crippen molar-refractivity contribution in [2.24, 2.45) is 5.92 Å². The lowest BCUT2D eigenvalue weighted by molar-refractivity contribution is 0.577. The molecular weight excluding hydrogens is 290 g/mol. The van der Waals surface area contributed by atoms with Gasteiger partial charge in [-0.2, -0.15) is 0 Å². The van der Waals surface area contributed by atoms with Crippen molar-refractivity contribution >= 4 is 26.0 Å². The highest BCUT2D eigenvalue weighted by atomic mass is 79.9. The third kappa shape index (κ3) is 3.57. The Morgan fingerprint density at radius 2 is 2.00 bits per heavy atom. The van der Waals surface area contributed by atoms with Crippen LogP contribution in [0.4, 0.5) is 0 Å². The Morgan fingerprint density at radius 3 is 2.62 bits per heavy atom. The first-order valence-corrected chi connectivity index (χ1v) is 7.72. The van der Waals surface area contributed by atoms with E-state index >= 15 is 0 Å². The summed E-state index contributed by atoms with van der Waals surface area (Å²) in [5.74, 6) is 0.661. The van der Waals surface area contributed by atoms with Gasteiger partial charge in [-0.3, -0.25) is 0 Å². The second-order valence-corrected chi connectivity index (χ2v) is 6.84. The van der Waals surface area contributed by atoms with Gasteiger partial charge < -0.3 is 0 Å². The molecule has 16 heavy (non-hydrogen) atoms. The predicted octanol–water partition coefficient (Wildman–Crippen LogP) is 2.28. The third-order valence-corrected chi connectivity index (χ3v) is 4.86. The Labute approximate surface area is 104 Å². The summed E-state index contributed by atoms with van der Waals surface area (Å²) < 4.78 is 26.8. The van der Waals surface area contributed by atoms with Crippen molar-refractivity contribution in [2.45, 2.75) is 19.4 Å². The summed E-state index contributed by atoms with van der Waals surface area (Å²) in [6.45, 7) is 0.358. The third-order valence-electron chi connectivity index (χ3n) is 2.59. The van der Waals surface area contributed by atoms with Crippen molar-refractivity contribution in [3.05, 3.63) is 34.3 Å². The van der Waals surface area contributed by atoms with Gasteiger partial charge in [0, 0.05) is 11.0 Å². The van der Waals surface area contributed by atoms with Gasteiger partial charge in [0.05, 0.1) is 5.75 Å². The summed E-state index contributed by atoms with van der Waals surface area (Å²) in [5, 5.41) is 0. The minimum absolute atomic E-state index is 0.275. The molecule has 0 aromatic heterocycles. The van der Waals surface area contributed by atoms with Crippen LogP contribution in [-0.2, 0) is 16.6 Å². The zero-order valence-corrected chi connectivity index (χ0v) is 11.2. The van der Waals surface area contributed by atoms with Gasteiger partial charge in [0.2, 0.25) is 10.0 Å². The topological polar surface area (TPSA) is 46.2 Å². The molecule has 1 fully saturated rings. The summed E-state index contributed by atoms with van der Waals surface area (Å²) in [6.07, 6.45) is 2.10. The van der Waals surface area contributed by atoms with E-state index < -0.39 is 10.0 Å². The van der Waals surface area contributed by atoms with E-state index in [1.54, 1.807) is 0 Å². The molecule has 0 atom stereocenters. The highest BCUT2D eigenvalue weighted by Crippen LogP contribution is 2.30. The predicted molar refractivity (Wildman–Crippen MR) is 67.5 cm³/mol. The summed E-state index contributed by atoms with van der Waals surface area (Å²) in [5.41, 5.74) is 0.960. The van der Waals surface area contributed by atoms with E-state index in [-0.39, 0.29) is 5.75 Å². The van der Waals surface area contributed by atoms with Gasteiger partial charge in [0.15, 0.2) is 0 Å². The fourth-order valence-corrected chi connectivity index (χ4v) is 3.36. The van der Waals surface area contributed by atoms with Gasteiger partial charge in [-0.15, -0.1) is 0 Å². The van der Waals surface area contributed by atoms with Crippen LogP contribution in [0.15, 0.2) is 28.7 Å². The SMILES string of the molecule is O=S(=O)(CC1CC1)NCc1ccccc1Br. The van der Waals surface area contributed by atoms with Gasteiger partial charge >= 0.3 is 0 Å². The molecule has 1 saturated carbocycles. The van der Waals surface area contributed by atoms with E-state index in [0.29, 0.717) is 12.5 Å². The average Bonchev–Trinajstić information content (AvgIpc) is 3.00. The highest BCUT2D eigenvalue weighted by molar-refractivity contribution is 9.10. The lowest BCUT2D eigenvalue weighted by Gasteiger charge is -2.07. The summed E-state index contributed by atoms with van der Waals surface area (Å²) in [6, 6.07) is 7.62. The van der Waals surface area contributed by atoms with E-state index in [2.05, 4.69) is 20.7 Å². The zero-order chi connectivity index (χ0) is 11.6. The normalized spacial score (nSPS) is 16.3. The maximum absolute atomic E-state index is 11.6.